The minimum atomic E-state index is -0.875. The van der Waals surface area contributed by atoms with E-state index < -0.39 is 10.8 Å². The number of nitriles is 1. The Morgan fingerprint density at radius 1 is 1.38 bits per heavy atom. The van der Waals surface area contributed by atoms with Crippen molar-refractivity contribution in [3.05, 3.63) is 17.5 Å². The Morgan fingerprint density at radius 3 is 2.67 bits per heavy atom. The van der Waals surface area contributed by atoms with E-state index in [0.717, 1.165) is 37.2 Å². The molecule has 0 aliphatic heterocycles. The molecule has 0 aromatic carbocycles. The molecule has 4 heteroatoms. The van der Waals surface area contributed by atoms with Gasteiger partial charge < -0.3 is 0 Å². The van der Waals surface area contributed by atoms with Gasteiger partial charge >= 0.3 is 0 Å². The molecule has 2 rings (SSSR count). The first-order chi connectivity index (χ1) is 9.88. The summed E-state index contributed by atoms with van der Waals surface area (Å²) < 4.78 is 1.94. The van der Waals surface area contributed by atoms with Crippen molar-refractivity contribution in [1.82, 2.24) is 9.78 Å². The lowest BCUT2D eigenvalue weighted by molar-refractivity contribution is -0.138. The molecule has 0 N–H and O–H groups in total. The van der Waals surface area contributed by atoms with Gasteiger partial charge in [0.25, 0.3) is 0 Å². The molecule has 1 unspecified atom stereocenters. The van der Waals surface area contributed by atoms with Gasteiger partial charge in [0.2, 0.25) is 0 Å². The molecule has 0 saturated heterocycles. The Balaban J connectivity index is 2.37. The zero-order valence-electron chi connectivity index (χ0n) is 13.6. The summed E-state index contributed by atoms with van der Waals surface area (Å²) in [6.07, 6.45) is 3.85. The molecule has 1 aromatic rings. The Bertz CT molecular complexity index is 579. The fraction of sp³-hybridized carbons (Fsp3) is 0.706. The Kier molecular flexibility index (Phi) is 4.22. The molecule has 1 heterocycles. The van der Waals surface area contributed by atoms with E-state index in [2.05, 4.69) is 24.2 Å². The highest BCUT2D eigenvalue weighted by molar-refractivity contribution is 5.93. The van der Waals surface area contributed by atoms with Gasteiger partial charge in [-0.2, -0.15) is 10.4 Å². The maximum Gasteiger partial charge on any atom is 0.159 e. The maximum absolute atomic E-state index is 12.8. The molecular weight excluding hydrogens is 262 g/mol. The third kappa shape index (κ3) is 2.74. The van der Waals surface area contributed by atoms with Crippen LogP contribution in [-0.2, 0) is 24.2 Å². The van der Waals surface area contributed by atoms with Crippen molar-refractivity contribution in [2.24, 2.45) is 10.8 Å². The summed E-state index contributed by atoms with van der Waals surface area (Å²) in [5.74, 6) is 0.102. The van der Waals surface area contributed by atoms with Crippen LogP contribution in [0.2, 0.25) is 0 Å². The van der Waals surface area contributed by atoms with Crippen LogP contribution in [-0.4, -0.2) is 15.6 Å². The van der Waals surface area contributed by atoms with Gasteiger partial charge in [-0.25, -0.2) is 0 Å². The van der Waals surface area contributed by atoms with Gasteiger partial charge in [-0.05, 0) is 32.3 Å². The molecule has 0 radical (unpaired) electrons. The fourth-order valence-electron chi connectivity index (χ4n) is 3.43. The second-order valence-corrected chi connectivity index (χ2v) is 6.73. The lowest BCUT2D eigenvalue weighted by Gasteiger charge is -2.39. The number of carbonyl (C=O) groups is 1. The summed E-state index contributed by atoms with van der Waals surface area (Å²) in [5.41, 5.74) is 0.780. The molecule has 1 saturated carbocycles. The van der Waals surface area contributed by atoms with Crippen molar-refractivity contribution in [2.75, 3.05) is 0 Å². The van der Waals surface area contributed by atoms with E-state index >= 15 is 0 Å². The monoisotopic (exact) mass is 287 g/mol. The van der Waals surface area contributed by atoms with Crippen LogP contribution in [0.5, 0.6) is 0 Å². The maximum atomic E-state index is 12.8. The number of aromatic nitrogens is 2. The van der Waals surface area contributed by atoms with Gasteiger partial charge in [-0.1, -0.05) is 27.2 Å². The second-order valence-electron chi connectivity index (χ2n) is 6.73. The van der Waals surface area contributed by atoms with E-state index in [-0.39, 0.29) is 5.78 Å². The highest BCUT2D eigenvalue weighted by Gasteiger charge is 2.49. The lowest BCUT2D eigenvalue weighted by atomic mass is 9.61. The van der Waals surface area contributed by atoms with Crippen LogP contribution < -0.4 is 0 Å². The Hall–Kier alpha value is -1.63. The third-order valence-corrected chi connectivity index (χ3v) is 4.73. The summed E-state index contributed by atoms with van der Waals surface area (Å²) in [5, 5.41) is 14.3. The quantitative estimate of drug-likeness (QED) is 0.853. The Morgan fingerprint density at radius 2 is 2.10 bits per heavy atom. The van der Waals surface area contributed by atoms with Crippen molar-refractivity contribution in [3.8, 4) is 6.07 Å². The van der Waals surface area contributed by atoms with Crippen molar-refractivity contribution in [1.29, 1.82) is 5.26 Å². The highest BCUT2D eigenvalue weighted by Crippen LogP contribution is 2.44. The van der Waals surface area contributed by atoms with Crippen LogP contribution in [0.3, 0.4) is 0 Å². The predicted molar refractivity (Wildman–Crippen MR) is 81.7 cm³/mol. The van der Waals surface area contributed by atoms with E-state index in [4.69, 9.17) is 0 Å². The van der Waals surface area contributed by atoms with Crippen LogP contribution in [0.15, 0.2) is 6.07 Å². The van der Waals surface area contributed by atoms with Crippen LogP contribution >= 0.6 is 0 Å². The smallest absolute Gasteiger partial charge is 0.159 e. The average Bonchev–Trinajstić information content (AvgIpc) is 2.86. The first-order valence-electron chi connectivity index (χ1n) is 7.90. The zero-order valence-corrected chi connectivity index (χ0v) is 13.6. The molecule has 1 atom stereocenters. The van der Waals surface area contributed by atoms with Gasteiger partial charge in [0.05, 0.1) is 11.8 Å². The summed E-state index contributed by atoms with van der Waals surface area (Å²) >= 11 is 0. The van der Waals surface area contributed by atoms with Gasteiger partial charge in [-0.15, -0.1) is 0 Å². The second kappa shape index (κ2) is 5.63. The molecule has 21 heavy (non-hydrogen) atoms. The van der Waals surface area contributed by atoms with Gasteiger partial charge in [0, 0.05) is 24.1 Å². The fourth-order valence-corrected chi connectivity index (χ4v) is 3.43. The summed E-state index contributed by atoms with van der Waals surface area (Å²) in [7, 11) is 0. The number of rotatable bonds is 4. The first-order valence-corrected chi connectivity index (χ1v) is 7.90. The minimum absolute atomic E-state index is 0.102. The molecule has 1 fully saturated rings. The number of ketones is 1. The number of hydrogen-bond acceptors (Lipinski definition) is 3. The van der Waals surface area contributed by atoms with Crippen LogP contribution in [0.4, 0.5) is 0 Å². The summed E-state index contributed by atoms with van der Waals surface area (Å²) in [6, 6.07) is 4.41. The molecular formula is C17H25N3O. The van der Waals surface area contributed by atoms with Crippen LogP contribution in [0.25, 0.3) is 0 Å². The van der Waals surface area contributed by atoms with Gasteiger partial charge in [0.15, 0.2) is 5.78 Å². The Labute approximate surface area is 127 Å². The number of hydrogen-bond donors (Lipinski definition) is 0. The van der Waals surface area contributed by atoms with Crippen molar-refractivity contribution in [2.45, 2.75) is 66.3 Å². The standard InChI is InChI=1S/C17H25N3O/c1-5-13-10-14(20(6-2)19-13)11-17(12-18)9-7-8-16(3,4)15(17)21/h10H,5-9,11H2,1-4H3. The number of nitrogens with zero attached hydrogens (tertiary/aromatic N) is 3. The molecule has 1 aromatic heterocycles. The number of aryl methyl sites for hydroxylation is 2. The van der Waals surface area contributed by atoms with Crippen molar-refractivity contribution < 1.29 is 4.79 Å². The van der Waals surface area contributed by atoms with E-state index in [9.17, 15) is 10.1 Å². The van der Waals surface area contributed by atoms with E-state index in [0.29, 0.717) is 12.8 Å². The number of carbonyl (C=O) groups excluding carboxylic acids is 1. The number of Topliss-reactive ketones (excluding diaryl/α,β-unsaturated/α-hetero) is 1. The first kappa shape index (κ1) is 15.8. The molecule has 0 bridgehead atoms. The van der Waals surface area contributed by atoms with Crippen molar-refractivity contribution in [3.63, 3.8) is 0 Å². The van der Waals surface area contributed by atoms with E-state index in [1.54, 1.807) is 0 Å². The van der Waals surface area contributed by atoms with Gasteiger partial charge in [0.1, 0.15) is 5.41 Å². The van der Waals surface area contributed by atoms with Crippen molar-refractivity contribution >= 4 is 5.78 Å². The predicted octanol–water partition coefficient (Wildman–Crippen LogP) is 3.30. The molecule has 4 nitrogen and oxygen atoms in total. The molecule has 1 aliphatic rings. The molecule has 0 spiro atoms. The zero-order chi connectivity index (χ0) is 15.7. The van der Waals surface area contributed by atoms with E-state index in [1.165, 1.54) is 0 Å². The average molecular weight is 287 g/mol. The summed E-state index contributed by atoms with van der Waals surface area (Å²) in [6.45, 7) is 8.82. The normalized spacial score (nSPS) is 24.8. The third-order valence-electron chi connectivity index (χ3n) is 4.73. The highest BCUT2D eigenvalue weighted by atomic mass is 16.1. The SMILES string of the molecule is CCc1cc(CC2(C#N)CCCC(C)(C)C2=O)n(CC)n1. The van der Waals surface area contributed by atoms with E-state index in [1.807, 2.05) is 25.5 Å². The minimum Gasteiger partial charge on any atom is -0.297 e. The molecule has 1 aliphatic carbocycles. The molecule has 0 amide bonds. The summed E-state index contributed by atoms with van der Waals surface area (Å²) in [4.78, 5) is 12.8. The molecule has 114 valence electrons. The van der Waals surface area contributed by atoms with Gasteiger partial charge in [-0.3, -0.25) is 9.48 Å². The lowest BCUT2D eigenvalue weighted by Crippen LogP contribution is -2.45. The van der Waals surface area contributed by atoms with Crippen LogP contribution in [0, 0.1) is 22.2 Å². The largest absolute Gasteiger partial charge is 0.297 e. The topological polar surface area (TPSA) is 58.7 Å². The van der Waals surface area contributed by atoms with Crippen LogP contribution in [0.1, 0.15) is 58.3 Å².